The minimum atomic E-state index is -0.390. The predicted molar refractivity (Wildman–Crippen MR) is 176 cm³/mol. The van der Waals surface area contributed by atoms with E-state index in [9.17, 15) is 0 Å². The molecule has 0 nitrogen and oxygen atoms in total. The third-order valence-electron chi connectivity index (χ3n) is 9.14. The normalized spacial score (nSPS) is 13.8. The Morgan fingerprint density at radius 3 is 1.79 bits per heavy atom. The van der Waals surface area contributed by atoms with Crippen molar-refractivity contribution in [2.75, 3.05) is 0 Å². The summed E-state index contributed by atoms with van der Waals surface area (Å²) in [4.78, 5) is 2.66. The van der Waals surface area contributed by atoms with Crippen molar-refractivity contribution in [2.45, 2.75) is 15.2 Å². The van der Waals surface area contributed by atoms with Crippen molar-refractivity contribution in [2.24, 2.45) is 0 Å². The molecule has 0 radical (unpaired) electrons. The van der Waals surface area contributed by atoms with E-state index in [2.05, 4.69) is 158 Å². The van der Waals surface area contributed by atoms with Crippen molar-refractivity contribution in [3.8, 4) is 33.4 Å². The summed E-state index contributed by atoms with van der Waals surface area (Å²) in [6.45, 7) is 0. The first-order chi connectivity index (χ1) is 20.8. The summed E-state index contributed by atoms with van der Waals surface area (Å²) in [6, 6.07) is 58.5. The summed E-state index contributed by atoms with van der Waals surface area (Å²) in [5, 5.41) is 2.67. The molecule has 1 heterocycles. The van der Waals surface area contributed by atoms with Gasteiger partial charge in [-0.25, -0.2) is 0 Å². The van der Waals surface area contributed by atoms with Crippen molar-refractivity contribution in [1.29, 1.82) is 0 Å². The van der Waals surface area contributed by atoms with Crippen molar-refractivity contribution in [3.63, 3.8) is 0 Å². The number of fused-ring (bicyclic) bond motifs is 5. The molecule has 1 heteroatoms. The van der Waals surface area contributed by atoms with Crippen molar-refractivity contribution in [1.82, 2.24) is 0 Å². The van der Waals surface area contributed by atoms with Gasteiger partial charge in [-0.1, -0.05) is 145 Å². The maximum Gasteiger partial charge on any atom is 0.0713 e. The van der Waals surface area contributed by atoms with Gasteiger partial charge in [-0.15, -0.1) is 0 Å². The lowest BCUT2D eigenvalue weighted by Crippen LogP contribution is -2.28. The monoisotopic (exact) mass is 550 g/mol. The molecular weight excluding hydrogens is 525 g/mol. The van der Waals surface area contributed by atoms with E-state index >= 15 is 0 Å². The first kappa shape index (κ1) is 23.8. The van der Waals surface area contributed by atoms with Gasteiger partial charge in [-0.2, -0.15) is 0 Å². The summed E-state index contributed by atoms with van der Waals surface area (Å²) in [6.07, 6.45) is 0. The van der Waals surface area contributed by atoms with Crippen molar-refractivity contribution >= 4 is 22.5 Å². The summed E-state index contributed by atoms with van der Waals surface area (Å²) < 4.78 is 0. The van der Waals surface area contributed by atoms with E-state index in [1.807, 2.05) is 11.8 Å². The van der Waals surface area contributed by atoms with Gasteiger partial charge < -0.3 is 0 Å². The average molecular weight is 551 g/mol. The Hall–Kier alpha value is -4.85. The van der Waals surface area contributed by atoms with E-state index in [1.54, 1.807) is 0 Å². The van der Waals surface area contributed by atoms with E-state index in [0.29, 0.717) is 0 Å². The van der Waals surface area contributed by atoms with Crippen LogP contribution in [0.5, 0.6) is 0 Å². The molecule has 7 aromatic carbocycles. The highest BCUT2D eigenvalue weighted by molar-refractivity contribution is 7.99. The topological polar surface area (TPSA) is 0 Å². The fraction of sp³-hybridized carbons (Fsp3) is 0.0244. The molecular formula is C41H26S. The second-order valence-electron chi connectivity index (χ2n) is 11.3. The van der Waals surface area contributed by atoms with Crippen LogP contribution >= 0.6 is 11.8 Å². The van der Waals surface area contributed by atoms with Crippen LogP contribution in [0.1, 0.15) is 22.3 Å². The van der Waals surface area contributed by atoms with Gasteiger partial charge in [0.1, 0.15) is 0 Å². The second-order valence-corrected chi connectivity index (χ2v) is 12.3. The van der Waals surface area contributed by atoms with Crippen LogP contribution in [0.25, 0.3) is 44.2 Å². The van der Waals surface area contributed by atoms with Crippen LogP contribution in [-0.2, 0) is 5.41 Å². The number of hydrogen-bond acceptors (Lipinski definition) is 1. The Balaban J connectivity index is 1.27. The molecule has 2 aliphatic rings. The highest BCUT2D eigenvalue weighted by Gasteiger charge is 2.45. The van der Waals surface area contributed by atoms with E-state index in [-0.39, 0.29) is 5.41 Å². The molecule has 1 aliphatic heterocycles. The van der Waals surface area contributed by atoms with Gasteiger partial charge >= 0.3 is 0 Å². The van der Waals surface area contributed by atoms with Crippen LogP contribution in [0.3, 0.4) is 0 Å². The van der Waals surface area contributed by atoms with E-state index in [4.69, 9.17) is 0 Å². The lowest BCUT2D eigenvalue weighted by atomic mass is 9.67. The summed E-state index contributed by atoms with van der Waals surface area (Å²) in [5.74, 6) is 0. The molecule has 0 fully saturated rings. The Labute approximate surface area is 250 Å². The zero-order valence-corrected chi connectivity index (χ0v) is 23.7. The Kier molecular flexibility index (Phi) is 5.15. The molecule has 0 amide bonds. The average Bonchev–Trinajstić information content (AvgIpc) is 3.37. The zero-order valence-electron chi connectivity index (χ0n) is 22.9. The van der Waals surface area contributed by atoms with Crippen LogP contribution < -0.4 is 0 Å². The van der Waals surface area contributed by atoms with Gasteiger partial charge in [0.05, 0.1) is 5.41 Å². The molecule has 0 bridgehead atoms. The van der Waals surface area contributed by atoms with Gasteiger partial charge in [0.15, 0.2) is 0 Å². The first-order valence-corrected chi connectivity index (χ1v) is 15.3. The smallest absolute Gasteiger partial charge is 0.0713 e. The Morgan fingerprint density at radius 2 is 1.00 bits per heavy atom. The third kappa shape index (κ3) is 3.26. The molecule has 42 heavy (non-hydrogen) atoms. The van der Waals surface area contributed by atoms with Gasteiger partial charge in [-0.05, 0) is 85.3 Å². The number of benzene rings is 7. The number of rotatable bonds is 3. The van der Waals surface area contributed by atoms with E-state index in [1.165, 1.54) is 76.2 Å². The SMILES string of the molecule is c1ccc(C2(c3cccc(-c4ccc5c(c4)-c4cccc6cccc(c46)S5)c3)c3ccccc3-c3ccccc32)cc1. The van der Waals surface area contributed by atoms with Gasteiger partial charge in [0.25, 0.3) is 0 Å². The summed E-state index contributed by atoms with van der Waals surface area (Å²) in [7, 11) is 0. The van der Waals surface area contributed by atoms with E-state index < -0.39 is 0 Å². The molecule has 0 atom stereocenters. The minimum absolute atomic E-state index is 0.390. The van der Waals surface area contributed by atoms with Gasteiger partial charge in [-0.3, -0.25) is 0 Å². The van der Waals surface area contributed by atoms with Crippen LogP contribution in [0.15, 0.2) is 168 Å². The second kappa shape index (κ2) is 9.08. The van der Waals surface area contributed by atoms with Crippen molar-refractivity contribution in [3.05, 3.63) is 180 Å². The molecule has 0 aromatic heterocycles. The highest BCUT2D eigenvalue weighted by Crippen LogP contribution is 2.56. The standard InChI is InChI=1S/C41H26S/c1-2-14-30(15-3-1)41(36-20-6-4-17-32(36)33-18-5-7-21-37(33)41)31-16-8-13-28(25-31)29-23-24-38-35(26-29)34-19-9-11-27-12-10-22-39(42-38)40(27)34/h1-26H. The van der Waals surface area contributed by atoms with Crippen LogP contribution in [0, 0.1) is 0 Å². The molecule has 0 spiro atoms. The molecule has 0 unspecified atom stereocenters. The highest BCUT2D eigenvalue weighted by atomic mass is 32.2. The fourth-order valence-corrected chi connectivity index (χ4v) is 8.52. The van der Waals surface area contributed by atoms with Gasteiger partial charge in [0.2, 0.25) is 0 Å². The fourth-order valence-electron chi connectivity index (χ4n) is 7.39. The molecule has 7 aromatic rings. The molecule has 0 saturated heterocycles. The molecule has 9 rings (SSSR count). The lowest BCUT2D eigenvalue weighted by Gasteiger charge is -2.34. The molecule has 0 N–H and O–H groups in total. The quantitative estimate of drug-likeness (QED) is 0.211. The largest absolute Gasteiger partial charge is 0.0888 e. The van der Waals surface area contributed by atoms with Gasteiger partial charge in [0, 0.05) is 15.2 Å². The first-order valence-electron chi connectivity index (χ1n) is 14.5. The minimum Gasteiger partial charge on any atom is -0.0888 e. The predicted octanol–water partition coefficient (Wildman–Crippen LogP) is 11.0. The Morgan fingerprint density at radius 1 is 0.381 bits per heavy atom. The third-order valence-corrected chi connectivity index (χ3v) is 10.3. The molecule has 1 aliphatic carbocycles. The van der Waals surface area contributed by atoms with Crippen molar-refractivity contribution < 1.29 is 0 Å². The lowest BCUT2D eigenvalue weighted by molar-refractivity contribution is 0.769. The van der Waals surface area contributed by atoms with Crippen LogP contribution in [-0.4, -0.2) is 0 Å². The zero-order chi connectivity index (χ0) is 27.7. The maximum atomic E-state index is 2.43. The van der Waals surface area contributed by atoms with Crippen LogP contribution in [0.4, 0.5) is 0 Å². The molecule has 0 saturated carbocycles. The Bertz CT molecular complexity index is 2120. The summed E-state index contributed by atoms with van der Waals surface area (Å²) >= 11 is 1.88. The van der Waals surface area contributed by atoms with E-state index in [0.717, 1.165) is 0 Å². The van der Waals surface area contributed by atoms with Crippen LogP contribution in [0.2, 0.25) is 0 Å². The maximum absolute atomic E-state index is 2.43. The summed E-state index contributed by atoms with van der Waals surface area (Å²) in [5.41, 5.74) is 12.7. The molecule has 196 valence electrons. The number of hydrogen-bond donors (Lipinski definition) is 0.